The first-order chi connectivity index (χ1) is 15.5. The Bertz CT molecular complexity index is 1020. The second-order valence-electron chi connectivity index (χ2n) is 9.52. The first kappa shape index (κ1) is 24.4. The average Bonchev–Trinajstić information content (AvgIpc) is 3.41. The van der Waals surface area contributed by atoms with Crippen LogP contribution in [0.2, 0.25) is 0 Å². The molecule has 1 aromatic carbocycles. The molecule has 0 spiro atoms. The summed E-state index contributed by atoms with van der Waals surface area (Å²) < 4.78 is 73.0. The van der Waals surface area contributed by atoms with Gasteiger partial charge in [0.2, 0.25) is 10.0 Å². The van der Waals surface area contributed by atoms with E-state index in [9.17, 15) is 21.6 Å². The van der Waals surface area contributed by atoms with E-state index in [0.29, 0.717) is 31.7 Å². The van der Waals surface area contributed by atoms with Crippen molar-refractivity contribution in [3.05, 3.63) is 53.6 Å². The molecule has 1 aromatic rings. The Kier molecular flexibility index (Phi) is 7.05. The maximum atomic E-state index is 12.9. The van der Waals surface area contributed by atoms with Gasteiger partial charge in [-0.3, -0.25) is 4.90 Å². The van der Waals surface area contributed by atoms with E-state index in [1.54, 1.807) is 0 Å². The van der Waals surface area contributed by atoms with Crippen LogP contribution >= 0.6 is 0 Å². The average molecular weight is 485 g/mol. The summed E-state index contributed by atoms with van der Waals surface area (Å²) in [6, 6.07) is 3.51. The van der Waals surface area contributed by atoms with Gasteiger partial charge < -0.3 is 4.74 Å². The predicted molar refractivity (Wildman–Crippen MR) is 120 cm³/mol. The van der Waals surface area contributed by atoms with Crippen molar-refractivity contribution in [1.29, 1.82) is 0 Å². The van der Waals surface area contributed by atoms with E-state index in [0.717, 1.165) is 37.9 Å². The molecule has 2 fully saturated rings. The fraction of sp³-hybridized carbons (Fsp3) is 0.583. The molecule has 33 heavy (non-hydrogen) atoms. The standard InChI is InChI=1S/C24H31F3N2O3S/c1-23(32-21-6-2-3-7-21)12-9-18(10-13-23)16-29-14-11-20(17-29)28-33(30,31)22-8-4-5-19(15-22)24(25,26)27/h4-5,8-10,12,15,20-21,28H,2-3,6-7,11,13-14,16-17H2,1H3/t20-,23?/m1/s1. The molecule has 0 aromatic heterocycles. The van der Waals surface area contributed by atoms with Gasteiger partial charge in [-0.1, -0.05) is 37.1 Å². The topological polar surface area (TPSA) is 58.6 Å². The zero-order valence-electron chi connectivity index (χ0n) is 18.8. The molecule has 1 aliphatic heterocycles. The van der Waals surface area contributed by atoms with E-state index in [-0.39, 0.29) is 16.5 Å². The number of nitrogens with zero attached hydrogens (tertiary/aromatic N) is 1. The highest BCUT2D eigenvalue weighted by Crippen LogP contribution is 2.32. The zero-order valence-corrected chi connectivity index (χ0v) is 19.6. The number of benzene rings is 1. The number of rotatable bonds is 7. The number of hydrogen-bond acceptors (Lipinski definition) is 4. The Morgan fingerprint density at radius 2 is 1.97 bits per heavy atom. The summed E-state index contributed by atoms with van der Waals surface area (Å²) in [5.41, 5.74) is -0.0747. The smallest absolute Gasteiger partial charge is 0.368 e. The lowest BCUT2D eigenvalue weighted by molar-refractivity contribution is -0.137. The summed E-state index contributed by atoms with van der Waals surface area (Å²) in [7, 11) is -4.03. The summed E-state index contributed by atoms with van der Waals surface area (Å²) in [5, 5.41) is 0. The Morgan fingerprint density at radius 1 is 1.21 bits per heavy atom. The van der Waals surface area contributed by atoms with Crippen molar-refractivity contribution in [3.8, 4) is 0 Å². The summed E-state index contributed by atoms with van der Waals surface area (Å²) in [6.07, 6.45) is 8.33. The lowest BCUT2D eigenvalue weighted by atomic mass is 9.93. The first-order valence-electron chi connectivity index (χ1n) is 11.5. The van der Waals surface area contributed by atoms with E-state index in [4.69, 9.17) is 4.74 Å². The maximum absolute atomic E-state index is 12.9. The van der Waals surface area contributed by atoms with Crippen LogP contribution in [0.5, 0.6) is 0 Å². The molecule has 0 radical (unpaired) electrons. The van der Waals surface area contributed by atoms with E-state index in [1.165, 1.54) is 24.5 Å². The molecule has 4 rings (SSSR count). The van der Waals surface area contributed by atoms with Crippen LogP contribution in [0.15, 0.2) is 53.0 Å². The normalized spacial score (nSPS) is 27.3. The molecule has 182 valence electrons. The molecule has 0 bridgehead atoms. The molecule has 5 nitrogen and oxygen atoms in total. The van der Waals surface area contributed by atoms with E-state index in [1.807, 2.05) is 0 Å². The van der Waals surface area contributed by atoms with Crippen LogP contribution in [0.1, 0.15) is 51.0 Å². The fourth-order valence-corrected chi connectivity index (χ4v) is 6.11. The van der Waals surface area contributed by atoms with Crippen LogP contribution < -0.4 is 4.72 Å². The van der Waals surface area contributed by atoms with Crippen molar-refractivity contribution in [2.24, 2.45) is 0 Å². The van der Waals surface area contributed by atoms with Gasteiger partial charge >= 0.3 is 6.18 Å². The maximum Gasteiger partial charge on any atom is 0.416 e. The minimum Gasteiger partial charge on any atom is -0.368 e. The summed E-state index contributed by atoms with van der Waals surface area (Å²) >= 11 is 0. The highest BCUT2D eigenvalue weighted by Gasteiger charge is 2.33. The third kappa shape index (κ3) is 6.26. The lowest BCUT2D eigenvalue weighted by Crippen LogP contribution is -2.37. The fourth-order valence-electron chi connectivity index (χ4n) is 4.80. The molecule has 9 heteroatoms. The molecule has 1 heterocycles. The van der Waals surface area contributed by atoms with Crippen molar-refractivity contribution in [1.82, 2.24) is 9.62 Å². The second-order valence-corrected chi connectivity index (χ2v) is 11.2. The predicted octanol–water partition coefficient (Wildman–Crippen LogP) is 4.66. The molecule has 3 aliphatic rings. The molecule has 1 unspecified atom stereocenters. The van der Waals surface area contributed by atoms with Crippen LogP contribution in [0.3, 0.4) is 0 Å². The van der Waals surface area contributed by atoms with Gasteiger partial charge in [0.15, 0.2) is 0 Å². The molecule has 2 aliphatic carbocycles. The van der Waals surface area contributed by atoms with Gasteiger partial charge in [-0.05, 0) is 56.4 Å². The number of alkyl halides is 3. The second kappa shape index (κ2) is 9.52. The Hall–Kier alpha value is -1.68. The van der Waals surface area contributed by atoms with Crippen molar-refractivity contribution < 1.29 is 26.3 Å². The molecule has 2 atom stereocenters. The van der Waals surface area contributed by atoms with Gasteiger partial charge in [-0.2, -0.15) is 13.2 Å². The van der Waals surface area contributed by atoms with E-state index >= 15 is 0 Å². The van der Waals surface area contributed by atoms with Crippen molar-refractivity contribution in [2.75, 3.05) is 19.6 Å². The van der Waals surface area contributed by atoms with Crippen molar-refractivity contribution >= 4 is 10.0 Å². The third-order valence-corrected chi connectivity index (χ3v) is 8.15. The SMILES string of the molecule is CC1(OC2CCCC2)C=CC(CN2CC[C@@H](NS(=O)(=O)c3cccc(C(F)(F)F)c3)C2)=CC1. The molecule has 1 saturated carbocycles. The Balaban J connectivity index is 1.30. The van der Waals surface area contributed by atoms with Gasteiger partial charge in [0.05, 0.1) is 22.2 Å². The lowest BCUT2D eigenvalue weighted by Gasteiger charge is -2.32. The third-order valence-electron chi connectivity index (χ3n) is 6.63. The van der Waals surface area contributed by atoms with Crippen molar-refractivity contribution in [3.63, 3.8) is 0 Å². The van der Waals surface area contributed by atoms with Crippen LogP contribution in [0, 0.1) is 0 Å². The summed E-state index contributed by atoms with van der Waals surface area (Å²) in [5.74, 6) is 0. The van der Waals surface area contributed by atoms with Gasteiger partial charge in [-0.25, -0.2) is 13.1 Å². The molecule has 1 saturated heterocycles. The summed E-state index contributed by atoms with van der Waals surface area (Å²) in [4.78, 5) is 1.80. The number of halogens is 3. The Morgan fingerprint density at radius 3 is 2.64 bits per heavy atom. The summed E-state index contributed by atoms with van der Waals surface area (Å²) in [6.45, 7) is 4.05. The highest BCUT2D eigenvalue weighted by molar-refractivity contribution is 7.89. The van der Waals surface area contributed by atoms with Gasteiger partial charge in [0.1, 0.15) is 0 Å². The van der Waals surface area contributed by atoms with E-state index < -0.39 is 21.8 Å². The molecule has 0 amide bonds. The van der Waals surface area contributed by atoms with Gasteiger partial charge in [-0.15, -0.1) is 0 Å². The van der Waals surface area contributed by atoms with Crippen LogP contribution in [0.25, 0.3) is 0 Å². The molecular weight excluding hydrogens is 453 g/mol. The Labute approximate surface area is 193 Å². The molecule has 1 N–H and O–H groups in total. The number of nitrogens with one attached hydrogen (secondary N) is 1. The number of hydrogen-bond donors (Lipinski definition) is 1. The largest absolute Gasteiger partial charge is 0.416 e. The molecular formula is C24H31F3N2O3S. The number of likely N-dealkylation sites (tertiary alicyclic amines) is 1. The number of ether oxygens (including phenoxy) is 1. The van der Waals surface area contributed by atoms with Gasteiger partial charge in [0.25, 0.3) is 0 Å². The quantitative estimate of drug-likeness (QED) is 0.612. The van der Waals surface area contributed by atoms with E-state index in [2.05, 4.69) is 34.8 Å². The van der Waals surface area contributed by atoms with Crippen LogP contribution in [-0.4, -0.2) is 50.7 Å². The van der Waals surface area contributed by atoms with Crippen LogP contribution in [0.4, 0.5) is 13.2 Å². The highest BCUT2D eigenvalue weighted by atomic mass is 32.2. The first-order valence-corrected chi connectivity index (χ1v) is 13.0. The number of sulfonamides is 1. The van der Waals surface area contributed by atoms with Gasteiger partial charge in [0, 0.05) is 25.7 Å². The minimum absolute atomic E-state index is 0.271. The monoisotopic (exact) mass is 484 g/mol. The van der Waals surface area contributed by atoms with Crippen molar-refractivity contribution in [2.45, 2.75) is 74.3 Å². The zero-order chi connectivity index (χ0) is 23.7. The minimum atomic E-state index is -4.59. The van der Waals surface area contributed by atoms with Crippen LogP contribution in [-0.2, 0) is 20.9 Å².